The fraction of sp³-hybridized carbons (Fsp3) is 0.583. The van der Waals surface area contributed by atoms with Gasteiger partial charge in [0.05, 0.1) is 11.9 Å². The first-order valence-corrected chi connectivity index (χ1v) is 6.01. The predicted octanol–water partition coefficient (Wildman–Crippen LogP) is 1.42. The Hall–Kier alpha value is -1.65. The van der Waals surface area contributed by atoms with E-state index in [0.29, 0.717) is 17.2 Å². The van der Waals surface area contributed by atoms with Gasteiger partial charge in [0.1, 0.15) is 5.82 Å². The van der Waals surface area contributed by atoms with Gasteiger partial charge in [-0.15, -0.1) is 0 Å². The van der Waals surface area contributed by atoms with E-state index in [2.05, 4.69) is 9.97 Å². The van der Waals surface area contributed by atoms with Crippen LogP contribution >= 0.6 is 0 Å². The fourth-order valence-corrected chi connectivity index (χ4v) is 1.92. The van der Waals surface area contributed by atoms with Gasteiger partial charge in [0, 0.05) is 19.0 Å². The zero-order valence-electron chi connectivity index (χ0n) is 10.3. The van der Waals surface area contributed by atoms with E-state index < -0.39 is 0 Å². The normalized spacial score (nSPS) is 15.6. The molecule has 0 atom stereocenters. The van der Waals surface area contributed by atoms with E-state index in [-0.39, 0.29) is 11.8 Å². The summed E-state index contributed by atoms with van der Waals surface area (Å²) in [6.45, 7) is 5.60. The van der Waals surface area contributed by atoms with Crippen molar-refractivity contribution in [1.82, 2.24) is 14.9 Å². The number of hydrogen-bond acceptors (Lipinski definition) is 4. The maximum atomic E-state index is 12.2. The molecule has 1 saturated heterocycles. The number of nitrogens with two attached hydrogens (primary N) is 1. The van der Waals surface area contributed by atoms with Gasteiger partial charge in [-0.3, -0.25) is 4.79 Å². The highest BCUT2D eigenvalue weighted by molar-refractivity contribution is 5.97. The molecule has 17 heavy (non-hydrogen) atoms. The zero-order chi connectivity index (χ0) is 12.4. The average Bonchev–Trinajstić information content (AvgIpc) is 2.81. The SMILES string of the molecule is CC(C)c1ncc(N)c(C(=O)N2CCCC2)n1. The van der Waals surface area contributed by atoms with Crippen molar-refractivity contribution in [1.29, 1.82) is 0 Å². The number of aromatic nitrogens is 2. The van der Waals surface area contributed by atoms with Gasteiger partial charge in [-0.25, -0.2) is 9.97 Å². The Morgan fingerprint density at radius 2 is 2.06 bits per heavy atom. The van der Waals surface area contributed by atoms with E-state index in [9.17, 15) is 4.79 Å². The molecule has 0 spiro atoms. The van der Waals surface area contributed by atoms with Gasteiger partial charge >= 0.3 is 0 Å². The maximum Gasteiger partial charge on any atom is 0.274 e. The van der Waals surface area contributed by atoms with E-state index in [4.69, 9.17) is 5.73 Å². The minimum absolute atomic E-state index is 0.0655. The molecule has 1 aromatic heterocycles. The summed E-state index contributed by atoms with van der Waals surface area (Å²) in [5.41, 5.74) is 6.50. The van der Waals surface area contributed by atoms with Crippen LogP contribution in [0.25, 0.3) is 0 Å². The Bertz CT molecular complexity index is 425. The fourth-order valence-electron chi connectivity index (χ4n) is 1.92. The number of likely N-dealkylation sites (tertiary alicyclic amines) is 1. The third kappa shape index (κ3) is 2.38. The Balaban J connectivity index is 2.29. The van der Waals surface area contributed by atoms with Crippen molar-refractivity contribution in [3.8, 4) is 0 Å². The molecule has 2 N–H and O–H groups in total. The van der Waals surface area contributed by atoms with E-state index in [1.54, 1.807) is 0 Å². The number of rotatable bonds is 2. The summed E-state index contributed by atoms with van der Waals surface area (Å²) in [5, 5.41) is 0. The number of amides is 1. The smallest absolute Gasteiger partial charge is 0.274 e. The summed E-state index contributed by atoms with van der Waals surface area (Å²) in [6.07, 6.45) is 3.66. The molecule has 0 unspecified atom stereocenters. The van der Waals surface area contributed by atoms with Gasteiger partial charge < -0.3 is 10.6 Å². The molecule has 0 aliphatic carbocycles. The molecular formula is C12H18N4O. The lowest BCUT2D eigenvalue weighted by Gasteiger charge is -2.16. The van der Waals surface area contributed by atoms with Gasteiger partial charge in [-0.1, -0.05) is 13.8 Å². The van der Waals surface area contributed by atoms with Crippen LogP contribution < -0.4 is 5.73 Å². The van der Waals surface area contributed by atoms with E-state index in [1.807, 2.05) is 18.7 Å². The van der Waals surface area contributed by atoms with Gasteiger partial charge in [-0.05, 0) is 12.8 Å². The van der Waals surface area contributed by atoms with E-state index in [1.165, 1.54) is 6.20 Å². The number of anilines is 1. The van der Waals surface area contributed by atoms with E-state index >= 15 is 0 Å². The highest BCUT2D eigenvalue weighted by Gasteiger charge is 2.23. The standard InChI is InChI=1S/C12H18N4O/c1-8(2)11-14-7-9(13)10(15-11)12(17)16-5-3-4-6-16/h7-8H,3-6,13H2,1-2H3. The van der Waals surface area contributed by atoms with E-state index in [0.717, 1.165) is 25.9 Å². The van der Waals surface area contributed by atoms with Crippen LogP contribution in [-0.2, 0) is 0 Å². The van der Waals surface area contributed by atoms with Crippen LogP contribution in [0.4, 0.5) is 5.69 Å². The minimum Gasteiger partial charge on any atom is -0.396 e. The molecule has 1 aliphatic heterocycles. The van der Waals surface area contributed by atoms with Crippen LogP contribution in [0.2, 0.25) is 0 Å². The summed E-state index contributed by atoms with van der Waals surface area (Å²) in [5.74, 6) is 0.798. The highest BCUT2D eigenvalue weighted by atomic mass is 16.2. The summed E-state index contributed by atoms with van der Waals surface area (Å²) in [4.78, 5) is 22.4. The Labute approximate surface area is 101 Å². The molecule has 1 aliphatic rings. The van der Waals surface area contributed by atoms with Crippen LogP contribution in [0.3, 0.4) is 0 Å². The summed E-state index contributed by atoms with van der Waals surface area (Å²) >= 11 is 0. The molecule has 92 valence electrons. The molecule has 2 heterocycles. The van der Waals surface area contributed by atoms with Crippen molar-refractivity contribution in [2.24, 2.45) is 0 Å². The number of nitrogens with zero attached hydrogens (tertiary/aromatic N) is 3. The number of carbonyl (C=O) groups is 1. The van der Waals surface area contributed by atoms with Crippen molar-refractivity contribution in [2.45, 2.75) is 32.6 Å². The quantitative estimate of drug-likeness (QED) is 0.840. The number of nitrogen functional groups attached to an aromatic ring is 1. The van der Waals surface area contributed by atoms with Crippen LogP contribution in [-0.4, -0.2) is 33.9 Å². The lowest BCUT2D eigenvalue weighted by molar-refractivity contribution is 0.0787. The third-order valence-corrected chi connectivity index (χ3v) is 2.95. The molecule has 5 heteroatoms. The zero-order valence-corrected chi connectivity index (χ0v) is 10.3. The molecule has 0 bridgehead atoms. The Morgan fingerprint density at radius 1 is 1.41 bits per heavy atom. The summed E-state index contributed by atoms with van der Waals surface area (Å²) < 4.78 is 0. The Morgan fingerprint density at radius 3 is 2.65 bits per heavy atom. The monoisotopic (exact) mass is 234 g/mol. The molecule has 1 fully saturated rings. The van der Waals surface area contributed by atoms with Crippen LogP contribution in [0.5, 0.6) is 0 Å². The summed E-state index contributed by atoms with van der Waals surface area (Å²) in [7, 11) is 0. The molecule has 0 aromatic carbocycles. The minimum atomic E-state index is -0.0655. The predicted molar refractivity (Wildman–Crippen MR) is 65.7 cm³/mol. The molecule has 2 rings (SSSR count). The molecular weight excluding hydrogens is 216 g/mol. The third-order valence-electron chi connectivity index (χ3n) is 2.95. The number of carbonyl (C=O) groups excluding carboxylic acids is 1. The van der Waals surface area contributed by atoms with Crippen molar-refractivity contribution >= 4 is 11.6 Å². The van der Waals surface area contributed by atoms with Crippen molar-refractivity contribution in [2.75, 3.05) is 18.8 Å². The largest absolute Gasteiger partial charge is 0.396 e. The number of hydrogen-bond donors (Lipinski definition) is 1. The van der Waals surface area contributed by atoms with Crippen molar-refractivity contribution in [3.05, 3.63) is 17.7 Å². The Kier molecular flexibility index (Phi) is 3.26. The average molecular weight is 234 g/mol. The van der Waals surface area contributed by atoms with Crippen LogP contribution in [0.15, 0.2) is 6.20 Å². The maximum absolute atomic E-state index is 12.2. The van der Waals surface area contributed by atoms with Gasteiger partial charge in [0.25, 0.3) is 5.91 Å². The van der Waals surface area contributed by atoms with Gasteiger partial charge in [0.2, 0.25) is 0 Å². The van der Waals surface area contributed by atoms with Crippen LogP contribution in [0, 0.1) is 0 Å². The lowest BCUT2D eigenvalue weighted by atomic mass is 10.2. The second-order valence-corrected chi connectivity index (χ2v) is 4.69. The second kappa shape index (κ2) is 4.69. The molecule has 1 amide bonds. The highest BCUT2D eigenvalue weighted by Crippen LogP contribution is 2.17. The first-order chi connectivity index (χ1) is 8.09. The molecule has 5 nitrogen and oxygen atoms in total. The topological polar surface area (TPSA) is 72.1 Å². The first-order valence-electron chi connectivity index (χ1n) is 6.01. The van der Waals surface area contributed by atoms with Crippen molar-refractivity contribution in [3.63, 3.8) is 0 Å². The van der Waals surface area contributed by atoms with Crippen molar-refractivity contribution < 1.29 is 4.79 Å². The van der Waals surface area contributed by atoms with Gasteiger partial charge in [-0.2, -0.15) is 0 Å². The molecule has 1 aromatic rings. The molecule has 0 saturated carbocycles. The second-order valence-electron chi connectivity index (χ2n) is 4.69. The molecule has 0 radical (unpaired) electrons. The first kappa shape index (κ1) is 11.8. The summed E-state index contributed by atoms with van der Waals surface area (Å²) in [6, 6.07) is 0. The van der Waals surface area contributed by atoms with Crippen LogP contribution in [0.1, 0.15) is 48.9 Å². The van der Waals surface area contributed by atoms with Gasteiger partial charge in [0.15, 0.2) is 5.69 Å². The lowest BCUT2D eigenvalue weighted by Crippen LogP contribution is -2.29.